The minimum atomic E-state index is -0.663. The number of benzene rings is 1. The number of rotatable bonds is 5. The summed E-state index contributed by atoms with van der Waals surface area (Å²) in [5.74, 6) is -1.11. The van der Waals surface area contributed by atoms with Gasteiger partial charge in [-0.2, -0.15) is 0 Å². The van der Waals surface area contributed by atoms with Gasteiger partial charge in [-0.1, -0.05) is 32.6 Å². The summed E-state index contributed by atoms with van der Waals surface area (Å²) >= 11 is 0. The molecule has 1 aliphatic heterocycles. The van der Waals surface area contributed by atoms with Crippen LogP contribution in [-0.2, 0) is 19.1 Å². The zero-order valence-electron chi connectivity index (χ0n) is 15.9. The number of hydrogen-bond donors (Lipinski definition) is 0. The topological polar surface area (TPSA) is 72.9 Å². The van der Waals surface area contributed by atoms with Crippen LogP contribution in [0.25, 0.3) is 0 Å². The molecule has 0 fully saturated rings. The highest BCUT2D eigenvalue weighted by atomic mass is 16.6. The third kappa shape index (κ3) is 3.16. The fourth-order valence-corrected chi connectivity index (χ4v) is 3.69. The Balaban J connectivity index is 2.04. The molecule has 0 aromatic heterocycles. The number of allylic oxidation sites excluding steroid dienone is 2. The first-order valence-corrected chi connectivity index (χ1v) is 8.78. The molecule has 0 saturated carbocycles. The van der Waals surface area contributed by atoms with Gasteiger partial charge in [-0.3, -0.25) is 14.4 Å². The van der Waals surface area contributed by atoms with E-state index in [1.54, 1.807) is 30.2 Å². The maximum absolute atomic E-state index is 13.2. The average Bonchev–Trinajstić information content (AvgIpc) is 2.83. The first-order chi connectivity index (χ1) is 12.7. The number of carbonyl (C=O) groups excluding carboxylic acids is 3. The fraction of sp³-hybridized carbons (Fsp3) is 0.381. The van der Waals surface area contributed by atoms with Crippen LogP contribution in [0.1, 0.15) is 42.6 Å². The Hall–Kier alpha value is -2.89. The molecule has 1 aromatic rings. The lowest BCUT2D eigenvalue weighted by atomic mass is 9.75. The molecule has 0 radical (unpaired) electrons. The second-order valence-corrected chi connectivity index (χ2v) is 7.42. The maximum atomic E-state index is 13.2. The molecule has 2 unspecified atom stereocenters. The molecule has 0 bridgehead atoms. The van der Waals surface area contributed by atoms with Crippen molar-refractivity contribution >= 4 is 23.3 Å². The Morgan fingerprint density at radius 2 is 2.07 bits per heavy atom. The third-order valence-electron chi connectivity index (χ3n) is 5.02. The lowest BCUT2D eigenvalue weighted by Gasteiger charge is -2.27. The van der Waals surface area contributed by atoms with Gasteiger partial charge in [-0.25, -0.2) is 0 Å². The van der Waals surface area contributed by atoms with Crippen molar-refractivity contribution in [3.8, 4) is 0 Å². The fourth-order valence-electron chi connectivity index (χ4n) is 3.69. The van der Waals surface area contributed by atoms with Crippen molar-refractivity contribution in [3.63, 3.8) is 0 Å². The number of likely N-dealkylation sites (N-methyl/N-ethyl adjacent to an activating group) is 1. The Kier molecular flexibility index (Phi) is 4.68. The molecule has 142 valence electrons. The minimum absolute atomic E-state index is 0.0398. The van der Waals surface area contributed by atoms with Gasteiger partial charge in [0.25, 0.3) is 0 Å². The molecular formula is C21H23NO5. The highest BCUT2D eigenvalue weighted by molar-refractivity contribution is 6.15. The van der Waals surface area contributed by atoms with Crippen molar-refractivity contribution in [2.75, 3.05) is 18.6 Å². The molecule has 6 heteroatoms. The number of Topliss-reactive ketones (excluding diaryl/α,β-unsaturated/α-hetero) is 1. The van der Waals surface area contributed by atoms with E-state index >= 15 is 0 Å². The molecule has 6 nitrogen and oxygen atoms in total. The molecule has 1 amide bonds. The van der Waals surface area contributed by atoms with Crippen LogP contribution in [0.3, 0.4) is 0 Å². The van der Waals surface area contributed by atoms with Crippen molar-refractivity contribution in [2.24, 2.45) is 5.41 Å². The zero-order valence-corrected chi connectivity index (χ0v) is 15.9. The van der Waals surface area contributed by atoms with Crippen LogP contribution in [0.5, 0.6) is 0 Å². The summed E-state index contributed by atoms with van der Waals surface area (Å²) in [6, 6.07) is 5.32. The number of anilines is 1. The van der Waals surface area contributed by atoms with E-state index in [1.165, 1.54) is 13.0 Å². The van der Waals surface area contributed by atoms with E-state index in [-0.39, 0.29) is 24.1 Å². The summed E-state index contributed by atoms with van der Waals surface area (Å²) in [5.41, 5.74) is 1.31. The molecule has 0 spiro atoms. The molecule has 1 aromatic carbocycles. The molecular weight excluding hydrogens is 346 g/mol. The van der Waals surface area contributed by atoms with Gasteiger partial charge < -0.3 is 14.4 Å². The Morgan fingerprint density at radius 3 is 2.70 bits per heavy atom. The molecule has 2 atom stereocenters. The highest BCUT2D eigenvalue weighted by Gasteiger charge is 2.48. The zero-order chi connectivity index (χ0) is 19.9. The first-order valence-electron chi connectivity index (χ1n) is 8.78. The van der Waals surface area contributed by atoms with E-state index in [0.29, 0.717) is 5.56 Å². The van der Waals surface area contributed by atoms with Gasteiger partial charge >= 0.3 is 5.97 Å². The van der Waals surface area contributed by atoms with Gasteiger partial charge in [0.1, 0.15) is 6.61 Å². The number of esters is 1. The van der Waals surface area contributed by atoms with Crippen molar-refractivity contribution < 1.29 is 23.9 Å². The van der Waals surface area contributed by atoms with Crippen LogP contribution >= 0.6 is 0 Å². The van der Waals surface area contributed by atoms with Gasteiger partial charge in [0.05, 0.1) is 5.92 Å². The van der Waals surface area contributed by atoms with Crippen molar-refractivity contribution in [3.05, 3.63) is 53.8 Å². The quantitative estimate of drug-likeness (QED) is 0.589. The summed E-state index contributed by atoms with van der Waals surface area (Å²) < 4.78 is 10.8. The van der Waals surface area contributed by atoms with Gasteiger partial charge in [0.15, 0.2) is 11.9 Å². The van der Waals surface area contributed by atoms with Crippen molar-refractivity contribution in [1.29, 1.82) is 0 Å². The summed E-state index contributed by atoms with van der Waals surface area (Å²) in [5, 5.41) is 0. The number of ether oxygens (including phenoxy) is 2. The van der Waals surface area contributed by atoms with Crippen LogP contribution in [0.4, 0.5) is 5.69 Å². The average molecular weight is 369 g/mol. The Morgan fingerprint density at radius 1 is 1.37 bits per heavy atom. The number of ketones is 1. The van der Waals surface area contributed by atoms with Crippen LogP contribution in [0, 0.1) is 5.41 Å². The van der Waals surface area contributed by atoms with Crippen molar-refractivity contribution in [2.45, 2.75) is 32.8 Å². The normalized spacial score (nSPS) is 21.1. The second-order valence-electron chi connectivity index (χ2n) is 7.42. The number of amides is 1. The molecule has 3 rings (SSSR count). The van der Waals surface area contributed by atoms with Crippen LogP contribution in [0.2, 0.25) is 0 Å². The third-order valence-corrected chi connectivity index (χ3v) is 5.02. The van der Waals surface area contributed by atoms with E-state index in [0.717, 1.165) is 11.3 Å². The summed E-state index contributed by atoms with van der Waals surface area (Å²) in [7, 11) is 1.72. The summed E-state index contributed by atoms with van der Waals surface area (Å²) in [4.78, 5) is 38.7. The number of nitrogens with zero attached hydrogens (tertiary/aromatic N) is 1. The number of carbonyl (C=O) groups is 3. The highest BCUT2D eigenvalue weighted by Crippen LogP contribution is 2.51. The molecule has 0 saturated heterocycles. The van der Waals surface area contributed by atoms with Crippen LogP contribution in [-0.4, -0.2) is 37.4 Å². The predicted octanol–water partition coefficient (Wildman–Crippen LogP) is 2.99. The van der Waals surface area contributed by atoms with Crippen LogP contribution in [0.15, 0.2) is 42.7 Å². The molecule has 2 aliphatic rings. The maximum Gasteiger partial charge on any atom is 0.302 e. The van der Waals surface area contributed by atoms with E-state index in [1.807, 2.05) is 19.9 Å². The summed E-state index contributed by atoms with van der Waals surface area (Å²) in [6.45, 7) is 8.76. The molecule has 0 N–H and O–H groups in total. The van der Waals surface area contributed by atoms with Gasteiger partial charge in [-0.05, 0) is 18.2 Å². The Labute approximate surface area is 158 Å². The van der Waals surface area contributed by atoms with E-state index in [9.17, 15) is 14.4 Å². The lowest BCUT2D eigenvalue weighted by Crippen LogP contribution is -2.31. The smallest absolute Gasteiger partial charge is 0.302 e. The standard InChI is InChI=1S/C21H23NO5/c1-6-13(11-26-12(2)23)27-16-10-21(3,4)18-17-14(19(16)24)8-7-9-15(17)22(5)20(18)25/h6-10,13,18H,1,11H2,2-5H3. The Bertz CT molecular complexity index is 867. The minimum Gasteiger partial charge on any atom is -0.479 e. The number of hydrogen-bond acceptors (Lipinski definition) is 5. The van der Waals surface area contributed by atoms with Gasteiger partial charge in [0.2, 0.25) is 11.7 Å². The van der Waals surface area contributed by atoms with E-state index < -0.39 is 23.4 Å². The first kappa shape index (κ1) is 18.9. The van der Waals surface area contributed by atoms with Crippen LogP contribution < -0.4 is 4.90 Å². The molecule has 1 heterocycles. The SMILES string of the molecule is C=CC(COC(C)=O)OC1=CC(C)(C)C2C(=O)N(C)c3cccc(c32)C1=O. The molecule has 1 aliphatic carbocycles. The van der Waals surface area contributed by atoms with Gasteiger partial charge in [-0.15, -0.1) is 0 Å². The second kappa shape index (κ2) is 6.68. The van der Waals surface area contributed by atoms with E-state index in [4.69, 9.17) is 9.47 Å². The van der Waals surface area contributed by atoms with Gasteiger partial charge in [0, 0.05) is 36.2 Å². The summed E-state index contributed by atoms with van der Waals surface area (Å²) in [6.07, 6.45) is 2.52. The predicted molar refractivity (Wildman–Crippen MR) is 100 cm³/mol. The molecule has 27 heavy (non-hydrogen) atoms. The van der Waals surface area contributed by atoms with Crippen molar-refractivity contribution in [1.82, 2.24) is 0 Å². The monoisotopic (exact) mass is 369 g/mol. The largest absolute Gasteiger partial charge is 0.479 e. The lowest BCUT2D eigenvalue weighted by molar-refractivity contribution is -0.143. The van der Waals surface area contributed by atoms with E-state index in [2.05, 4.69) is 6.58 Å².